The van der Waals surface area contributed by atoms with Gasteiger partial charge in [0.2, 0.25) is 0 Å². The normalized spacial score (nSPS) is 20.7. The maximum atomic E-state index is 2.72. The zero-order valence-electron chi connectivity index (χ0n) is 21.7. The summed E-state index contributed by atoms with van der Waals surface area (Å²) in [6.07, 6.45) is 0. The summed E-state index contributed by atoms with van der Waals surface area (Å²) in [5.41, 5.74) is 15.1. The molecule has 2 aliphatic carbocycles. The van der Waals surface area contributed by atoms with E-state index >= 15 is 0 Å². The molecule has 2 aliphatic rings. The van der Waals surface area contributed by atoms with Crippen molar-refractivity contribution in [3.63, 3.8) is 0 Å². The van der Waals surface area contributed by atoms with E-state index < -0.39 is 17.4 Å². The second-order valence-electron chi connectivity index (χ2n) is 11.3. The summed E-state index contributed by atoms with van der Waals surface area (Å²) in [6, 6.07) is 16.1. The molecule has 0 saturated carbocycles. The smallest absolute Gasteiger partial charge is 0.147 e. The van der Waals surface area contributed by atoms with Gasteiger partial charge in [0.1, 0.15) is 0 Å². The SMILES string of the molecule is CC1=C(C)C(C)[C]([Zr]([CH3])([CH3])(=[SiH2])[CH]2C(C)=C(c3ccccc3)c3cc(C)c(C)cc32)=C1C.Cl.Cl. The van der Waals surface area contributed by atoms with Gasteiger partial charge in [-0.25, -0.2) is 0 Å². The van der Waals surface area contributed by atoms with E-state index in [0.29, 0.717) is 9.54 Å². The number of halogens is 2. The minimum atomic E-state index is -3.41. The van der Waals surface area contributed by atoms with Crippen molar-refractivity contribution in [3.8, 4) is 0 Å². The van der Waals surface area contributed by atoms with Crippen molar-refractivity contribution in [2.75, 3.05) is 0 Å². The predicted octanol–water partition coefficient (Wildman–Crippen LogP) is 8.62. The summed E-state index contributed by atoms with van der Waals surface area (Å²) in [7, 11) is 0. The standard InChI is InChI=1S/C18H17.C9H13.2CH3.2ClH.H2Si.Zr/c1-12-9-16-10-14(3)18(17(16)11-13(12)2)15-7-5-4-6-8-15;1-6-5-7(2)9(4)8(6)3;;;;;;/h4-11H,1-3H3;6H,1-4H3;2*1H3;2*1H;1H2;. The van der Waals surface area contributed by atoms with Gasteiger partial charge in [-0.3, -0.25) is 0 Å². The van der Waals surface area contributed by atoms with Gasteiger partial charge in [-0.15, -0.1) is 24.8 Å². The van der Waals surface area contributed by atoms with Gasteiger partial charge in [0.15, 0.2) is 0 Å². The zero-order valence-corrected chi connectivity index (χ0v) is 27.2. The number of benzene rings is 2. The monoisotopic (exact) mass is 576 g/mol. The predicted molar refractivity (Wildman–Crippen MR) is 152 cm³/mol. The van der Waals surface area contributed by atoms with Crippen LogP contribution in [0.5, 0.6) is 0 Å². The zero-order chi connectivity index (χ0) is 22.9. The Morgan fingerprint density at radius 1 is 0.758 bits per heavy atom. The number of fused-ring (bicyclic) bond motifs is 1. The Morgan fingerprint density at radius 3 is 1.82 bits per heavy atom. The van der Waals surface area contributed by atoms with Gasteiger partial charge in [0, 0.05) is 0 Å². The fraction of sp³-hybridized carbons (Fsp3) is 0.379. The van der Waals surface area contributed by atoms with Gasteiger partial charge in [-0.1, -0.05) is 0 Å². The molecule has 0 saturated heterocycles. The summed E-state index contributed by atoms with van der Waals surface area (Å²) >= 11 is -3.41. The first-order valence-electron chi connectivity index (χ1n) is 11.7. The molecule has 0 aliphatic heterocycles. The molecule has 178 valence electrons. The number of allylic oxidation sites excluding steroid dienone is 5. The molecule has 2 atom stereocenters. The van der Waals surface area contributed by atoms with Crippen molar-refractivity contribution >= 4 is 37.3 Å². The van der Waals surface area contributed by atoms with Crippen molar-refractivity contribution in [2.45, 2.75) is 61.4 Å². The first kappa shape index (κ1) is 28.6. The molecule has 33 heavy (non-hydrogen) atoms. The molecule has 0 radical (unpaired) electrons. The Balaban J connectivity index is 0.00000193. The molecule has 0 aromatic heterocycles. The van der Waals surface area contributed by atoms with Crippen LogP contribution >= 0.6 is 24.8 Å². The molecule has 2 aromatic carbocycles. The molecular formula is C29H40Cl2SiZr. The molecule has 0 amide bonds. The van der Waals surface area contributed by atoms with E-state index in [9.17, 15) is 0 Å². The van der Waals surface area contributed by atoms with E-state index in [2.05, 4.69) is 107 Å². The first-order valence-corrected chi connectivity index (χ1v) is 25.2. The third-order valence-corrected chi connectivity index (χ3v) is 26.0. The van der Waals surface area contributed by atoms with E-state index in [1.54, 1.807) is 27.9 Å². The minimum absolute atomic E-state index is 0. The summed E-state index contributed by atoms with van der Waals surface area (Å²) in [5.74, 6) is 0.585. The van der Waals surface area contributed by atoms with E-state index in [-0.39, 0.29) is 24.8 Å². The van der Waals surface area contributed by atoms with Gasteiger partial charge in [0.25, 0.3) is 0 Å². The number of hydrogen-bond donors (Lipinski definition) is 0. The topological polar surface area (TPSA) is 0 Å². The molecule has 0 fully saturated rings. The number of hydrogen-bond acceptors (Lipinski definition) is 0. The van der Waals surface area contributed by atoms with Crippen LogP contribution in [0.4, 0.5) is 0 Å². The van der Waals surface area contributed by atoms with Crippen LogP contribution in [0, 0.1) is 19.8 Å². The van der Waals surface area contributed by atoms with Crippen LogP contribution in [0.25, 0.3) is 5.57 Å². The van der Waals surface area contributed by atoms with E-state index in [0.717, 1.165) is 0 Å². The van der Waals surface area contributed by atoms with E-state index in [1.807, 2.05) is 3.28 Å². The van der Waals surface area contributed by atoms with Crippen LogP contribution in [0.15, 0.2) is 68.0 Å². The van der Waals surface area contributed by atoms with Crippen LogP contribution < -0.4 is 0 Å². The summed E-state index contributed by atoms with van der Waals surface area (Å²) < 4.78 is 7.84. The fourth-order valence-corrected chi connectivity index (χ4v) is 28.5. The summed E-state index contributed by atoms with van der Waals surface area (Å²) in [5, 5.41) is 0. The van der Waals surface area contributed by atoms with Crippen molar-refractivity contribution in [2.24, 2.45) is 5.92 Å². The Hall–Kier alpha value is -0.660. The molecule has 4 rings (SSSR count). The Morgan fingerprint density at radius 2 is 1.30 bits per heavy atom. The van der Waals surface area contributed by atoms with Crippen LogP contribution in [0.2, 0.25) is 9.26 Å². The van der Waals surface area contributed by atoms with E-state index in [4.69, 9.17) is 0 Å². The fourth-order valence-electron chi connectivity index (χ4n) is 6.91. The van der Waals surface area contributed by atoms with Gasteiger partial charge >= 0.3 is 193 Å². The van der Waals surface area contributed by atoms with Gasteiger partial charge in [-0.05, 0) is 0 Å². The van der Waals surface area contributed by atoms with Crippen LogP contribution in [-0.2, 0) is 17.4 Å². The third-order valence-electron chi connectivity index (χ3n) is 8.59. The number of aryl methyl sites for hydroxylation is 2. The average Bonchev–Trinajstić information content (AvgIpc) is 3.09. The second-order valence-corrected chi connectivity index (χ2v) is 40.7. The van der Waals surface area contributed by atoms with Gasteiger partial charge in [-0.2, -0.15) is 0 Å². The molecule has 0 heterocycles. The molecular weight excluding hydrogens is 539 g/mol. The van der Waals surface area contributed by atoms with Crippen LogP contribution in [-0.4, -0.2) is 6.88 Å². The van der Waals surface area contributed by atoms with Gasteiger partial charge in [0.05, 0.1) is 0 Å². The second kappa shape index (κ2) is 9.42. The molecule has 0 bridgehead atoms. The van der Waals surface area contributed by atoms with Crippen molar-refractivity contribution in [1.82, 2.24) is 0 Å². The maximum absolute atomic E-state index is 3.41. The van der Waals surface area contributed by atoms with E-state index in [1.165, 1.54) is 27.8 Å². The number of rotatable bonds is 3. The average molecular weight is 579 g/mol. The first-order chi connectivity index (χ1) is 14.3. The minimum Gasteiger partial charge on any atom is -0.147 e. The van der Waals surface area contributed by atoms with Crippen molar-refractivity contribution < 1.29 is 17.4 Å². The van der Waals surface area contributed by atoms with Crippen molar-refractivity contribution in [1.29, 1.82) is 0 Å². The Bertz CT molecular complexity index is 1270. The van der Waals surface area contributed by atoms with Crippen molar-refractivity contribution in [3.05, 3.63) is 95.9 Å². The summed E-state index contributed by atoms with van der Waals surface area (Å²) in [4.78, 5) is 0. The third kappa shape index (κ3) is 4.29. The molecule has 2 unspecified atom stereocenters. The molecule has 0 spiro atoms. The quantitative estimate of drug-likeness (QED) is 0.320. The van der Waals surface area contributed by atoms with Crippen LogP contribution in [0.1, 0.15) is 66.1 Å². The largest absolute Gasteiger partial charge is 0.147 e. The molecule has 0 nitrogen and oxygen atoms in total. The maximum Gasteiger partial charge on any atom is -0.147 e. The Kier molecular flexibility index (Phi) is 8.16. The Labute approximate surface area is 216 Å². The summed E-state index contributed by atoms with van der Waals surface area (Å²) in [6.45, 7) is 19.0. The molecule has 2 aromatic rings. The van der Waals surface area contributed by atoms with Gasteiger partial charge < -0.3 is 0 Å². The van der Waals surface area contributed by atoms with Crippen LogP contribution in [0.3, 0.4) is 0 Å². The molecule has 4 heteroatoms. The molecule has 0 N–H and O–H groups in total.